The Morgan fingerprint density at radius 1 is 1.45 bits per heavy atom. The number of nitriles is 1. The predicted molar refractivity (Wildman–Crippen MR) is 83.6 cm³/mol. The van der Waals surface area contributed by atoms with Gasteiger partial charge in [-0.25, -0.2) is 0 Å². The molecule has 0 spiro atoms. The van der Waals surface area contributed by atoms with Gasteiger partial charge in [0.05, 0.1) is 25.2 Å². The van der Waals surface area contributed by atoms with Crippen LogP contribution in [0.4, 0.5) is 5.69 Å². The highest BCUT2D eigenvalue weighted by Crippen LogP contribution is 2.16. The van der Waals surface area contributed by atoms with Gasteiger partial charge in [0.2, 0.25) is 0 Å². The monoisotopic (exact) mass is 302 g/mol. The van der Waals surface area contributed by atoms with Gasteiger partial charge in [-0.2, -0.15) is 5.26 Å². The van der Waals surface area contributed by atoms with Gasteiger partial charge in [-0.05, 0) is 31.9 Å². The zero-order chi connectivity index (χ0) is 15.8. The molecule has 2 rings (SSSR count). The fourth-order valence-corrected chi connectivity index (χ4v) is 2.42. The molecule has 5 heteroatoms. The number of ether oxygens (including phenoxy) is 2. The first-order valence-corrected chi connectivity index (χ1v) is 7.64. The molecule has 1 saturated heterocycles. The van der Waals surface area contributed by atoms with Crippen LogP contribution in [0.2, 0.25) is 0 Å². The van der Waals surface area contributed by atoms with E-state index in [4.69, 9.17) is 14.7 Å². The molecule has 0 N–H and O–H groups in total. The molecule has 0 aliphatic carbocycles. The Hall–Kier alpha value is -1.90. The van der Waals surface area contributed by atoms with Gasteiger partial charge in [0, 0.05) is 18.8 Å². The lowest BCUT2D eigenvalue weighted by molar-refractivity contribution is -0.124. The molecule has 1 fully saturated rings. The van der Waals surface area contributed by atoms with Gasteiger partial charge in [-0.3, -0.25) is 4.79 Å². The van der Waals surface area contributed by atoms with Crippen molar-refractivity contribution in [3.63, 3.8) is 0 Å². The van der Waals surface area contributed by atoms with E-state index in [9.17, 15) is 4.79 Å². The number of carbonyl (C=O) groups is 1. The first-order chi connectivity index (χ1) is 10.7. The highest BCUT2D eigenvalue weighted by Gasteiger charge is 2.19. The van der Waals surface area contributed by atoms with Gasteiger partial charge < -0.3 is 14.4 Å². The summed E-state index contributed by atoms with van der Waals surface area (Å²) in [6.45, 7) is 3.61. The summed E-state index contributed by atoms with van der Waals surface area (Å²) in [5.41, 5.74) is 1.93. The van der Waals surface area contributed by atoms with Crippen LogP contribution in [-0.2, 0) is 14.3 Å². The fourth-order valence-electron chi connectivity index (χ4n) is 2.42. The SMILES string of the molecule is Cc1ccc(N(CCC#N)C(=O)COC[C@H]2CCCO2)cc1. The largest absolute Gasteiger partial charge is 0.376 e. The average molecular weight is 302 g/mol. The van der Waals surface area contributed by atoms with Gasteiger partial charge >= 0.3 is 0 Å². The molecule has 0 bridgehead atoms. The summed E-state index contributed by atoms with van der Waals surface area (Å²) >= 11 is 0. The van der Waals surface area contributed by atoms with Crippen molar-refractivity contribution >= 4 is 11.6 Å². The number of carbonyl (C=O) groups excluding carboxylic acids is 1. The van der Waals surface area contributed by atoms with Crippen LogP contribution in [0.3, 0.4) is 0 Å². The summed E-state index contributed by atoms with van der Waals surface area (Å²) in [5.74, 6) is -0.128. The molecule has 1 aromatic carbocycles. The van der Waals surface area contributed by atoms with Crippen LogP contribution in [0.15, 0.2) is 24.3 Å². The third-order valence-electron chi connectivity index (χ3n) is 3.65. The summed E-state index contributed by atoms with van der Waals surface area (Å²) in [6.07, 6.45) is 2.45. The van der Waals surface area contributed by atoms with Crippen molar-refractivity contribution in [2.45, 2.75) is 32.3 Å². The molecule has 1 aromatic rings. The van der Waals surface area contributed by atoms with Gasteiger partial charge in [0.25, 0.3) is 5.91 Å². The Kier molecular flexibility index (Phi) is 6.38. The maximum atomic E-state index is 12.4. The predicted octanol–water partition coefficient (Wildman–Crippen LogP) is 2.44. The normalized spacial score (nSPS) is 17.2. The lowest BCUT2D eigenvalue weighted by Gasteiger charge is -2.22. The molecule has 1 heterocycles. The number of anilines is 1. The third kappa shape index (κ3) is 4.83. The first kappa shape index (κ1) is 16.5. The Bertz CT molecular complexity index is 516. The summed E-state index contributed by atoms with van der Waals surface area (Å²) < 4.78 is 11.0. The maximum absolute atomic E-state index is 12.4. The molecule has 0 aromatic heterocycles. The van der Waals surface area contributed by atoms with Gasteiger partial charge in [0.1, 0.15) is 6.61 Å². The summed E-state index contributed by atoms with van der Waals surface area (Å²) in [4.78, 5) is 14.0. The van der Waals surface area contributed by atoms with Gasteiger partial charge in [0.15, 0.2) is 0 Å². The zero-order valence-corrected chi connectivity index (χ0v) is 13.0. The molecule has 1 amide bonds. The standard InChI is InChI=1S/C17H22N2O3/c1-14-5-7-15(8-6-14)19(10-3-9-18)17(20)13-21-12-16-4-2-11-22-16/h5-8,16H,2-4,10-13H2,1H3/t16-/m1/s1. The van der Waals surface area contributed by atoms with Crippen LogP contribution in [0.1, 0.15) is 24.8 Å². The molecule has 22 heavy (non-hydrogen) atoms. The molecule has 118 valence electrons. The lowest BCUT2D eigenvalue weighted by atomic mass is 10.2. The van der Waals surface area contributed by atoms with E-state index in [-0.39, 0.29) is 18.6 Å². The van der Waals surface area contributed by atoms with E-state index in [0.717, 1.165) is 30.7 Å². The van der Waals surface area contributed by atoms with E-state index in [1.54, 1.807) is 4.90 Å². The van der Waals surface area contributed by atoms with Crippen molar-refractivity contribution in [1.29, 1.82) is 5.26 Å². The third-order valence-corrected chi connectivity index (χ3v) is 3.65. The quantitative estimate of drug-likeness (QED) is 0.776. The van der Waals surface area contributed by atoms with E-state index in [2.05, 4.69) is 6.07 Å². The lowest BCUT2D eigenvalue weighted by Crippen LogP contribution is -2.35. The smallest absolute Gasteiger partial charge is 0.253 e. The summed E-state index contributed by atoms with van der Waals surface area (Å²) in [6, 6.07) is 9.77. The first-order valence-electron chi connectivity index (χ1n) is 7.64. The van der Waals surface area contributed by atoms with Crippen molar-refractivity contribution in [2.75, 3.05) is 31.3 Å². The van der Waals surface area contributed by atoms with Gasteiger partial charge in [-0.1, -0.05) is 17.7 Å². The fraction of sp³-hybridized carbons (Fsp3) is 0.529. The van der Waals surface area contributed by atoms with Crippen LogP contribution < -0.4 is 4.90 Å². The van der Waals surface area contributed by atoms with Crippen LogP contribution in [-0.4, -0.2) is 38.4 Å². The maximum Gasteiger partial charge on any atom is 0.253 e. The molecule has 0 unspecified atom stereocenters. The van der Waals surface area contributed by atoms with E-state index < -0.39 is 0 Å². The van der Waals surface area contributed by atoms with Crippen molar-refractivity contribution in [2.24, 2.45) is 0 Å². The Balaban J connectivity index is 1.90. The van der Waals surface area contributed by atoms with E-state index in [1.807, 2.05) is 31.2 Å². The van der Waals surface area contributed by atoms with Crippen molar-refractivity contribution in [1.82, 2.24) is 0 Å². The average Bonchev–Trinajstić information content (AvgIpc) is 3.03. The number of amides is 1. The zero-order valence-electron chi connectivity index (χ0n) is 13.0. The van der Waals surface area contributed by atoms with Crippen molar-refractivity contribution in [3.05, 3.63) is 29.8 Å². The molecule has 5 nitrogen and oxygen atoms in total. The Morgan fingerprint density at radius 3 is 2.86 bits per heavy atom. The number of aryl methyl sites for hydroxylation is 1. The van der Waals surface area contributed by atoms with Crippen LogP contribution in [0.25, 0.3) is 0 Å². The number of nitrogens with zero attached hydrogens (tertiary/aromatic N) is 2. The topological polar surface area (TPSA) is 62.6 Å². The Morgan fingerprint density at radius 2 is 2.23 bits per heavy atom. The molecular formula is C17H22N2O3. The van der Waals surface area contributed by atoms with Crippen LogP contribution in [0.5, 0.6) is 0 Å². The summed E-state index contributed by atoms with van der Waals surface area (Å²) in [5, 5.41) is 8.77. The molecule has 1 aliphatic heterocycles. The van der Waals surface area contributed by atoms with Crippen LogP contribution in [0, 0.1) is 18.3 Å². The molecular weight excluding hydrogens is 280 g/mol. The van der Waals surface area contributed by atoms with E-state index in [0.29, 0.717) is 19.6 Å². The number of hydrogen-bond acceptors (Lipinski definition) is 4. The van der Waals surface area contributed by atoms with Crippen LogP contribution >= 0.6 is 0 Å². The molecule has 0 radical (unpaired) electrons. The number of hydrogen-bond donors (Lipinski definition) is 0. The second-order valence-corrected chi connectivity index (χ2v) is 5.44. The minimum atomic E-state index is -0.128. The molecule has 1 aliphatic rings. The number of benzene rings is 1. The highest BCUT2D eigenvalue weighted by molar-refractivity contribution is 5.94. The molecule has 1 atom stereocenters. The Labute approximate surface area is 131 Å². The molecule has 0 saturated carbocycles. The van der Waals surface area contributed by atoms with E-state index >= 15 is 0 Å². The van der Waals surface area contributed by atoms with Crippen molar-refractivity contribution in [3.8, 4) is 6.07 Å². The van der Waals surface area contributed by atoms with Gasteiger partial charge in [-0.15, -0.1) is 0 Å². The minimum absolute atomic E-state index is 0.0131. The second-order valence-electron chi connectivity index (χ2n) is 5.44. The second kappa shape index (κ2) is 8.52. The van der Waals surface area contributed by atoms with E-state index in [1.165, 1.54) is 0 Å². The highest BCUT2D eigenvalue weighted by atomic mass is 16.5. The summed E-state index contributed by atoms with van der Waals surface area (Å²) in [7, 11) is 0. The number of rotatable bonds is 7. The minimum Gasteiger partial charge on any atom is -0.376 e. The van der Waals surface area contributed by atoms with Crippen molar-refractivity contribution < 1.29 is 14.3 Å².